The lowest BCUT2D eigenvalue weighted by molar-refractivity contribution is -0.130. The van der Waals surface area contributed by atoms with Crippen LogP contribution in [0, 0.1) is 27.7 Å². The molecule has 0 atom stereocenters. The Hall–Kier alpha value is -2.39. The number of aromatic nitrogens is 1. The molecule has 0 bridgehead atoms. The van der Waals surface area contributed by atoms with Crippen molar-refractivity contribution >= 4 is 21.6 Å². The first kappa shape index (κ1) is 22.3. The van der Waals surface area contributed by atoms with Gasteiger partial charge in [0.25, 0.3) is 0 Å². The van der Waals surface area contributed by atoms with Gasteiger partial charge in [-0.25, -0.2) is 8.42 Å². The van der Waals surface area contributed by atoms with Crippen LogP contribution in [-0.4, -0.2) is 68.0 Å². The minimum absolute atomic E-state index is 0.00575. The number of rotatable bonds is 6. The lowest BCUT2D eigenvalue weighted by Gasteiger charge is -2.35. The molecule has 2 heterocycles. The van der Waals surface area contributed by atoms with E-state index >= 15 is 0 Å². The topological polar surface area (TPSA) is 87.0 Å². The van der Waals surface area contributed by atoms with E-state index in [2.05, 4.69) is 22.2 Å². The number of nitrogens with zero attached hydrogens (tertiary/aromatic N) is 4. The Balaban J connectivity index is 1.65. The number of amides is 1. The molecule has 164 valence electrons. The molecule has 1 fully saturated rings. The van der Waals surface area contributed by atoms with Crippen LogP contribution in [0.3, 0.4) is 0 Å². The normalized spacial score (nSPS) is 15.4. The lowest BCUT2D eigenvalue weighted by atomic mass is 10.1. The number of hydrogen-bond acceptors (Lipinski definition) is 6. The fraction of sp³-hybridized carbons (Fsp3) is 0.524. The average Bonchev–Trinajstić information content (AvgIpc) is 3.05. The van der Waals surface area contributed by atoms with Crippen molar-refractivity contribution in [1.29, 1.82) is 0 Å². The van der Waals surface area contributed by atoms with Gasteiger partial charge in [0, 0.05) is 38.4 Å². The van der Waals surface area contributed by atoms with Gasteiger partial charge in [0.15, 0.2) is 5.76 Å². The highest BCUT2D eigenvalue weighted by atomic mass is 32.2. The van der Waals surface area contributed by atoms with Crippen molar-refractivity contribution in [2.75, 3.05) is 44.2 Å². The summed E-state index contributed by atoms with van der Waals surface area (Å²) in [5, 5.41) is 3.75. The zero-order chi connectivity index (χ0) is 22.1. The fourth-order valence-electron chi connectivity index (χ4n) is 3.94. The Kier molecular flexibility index (Phi) is 6.52. The van der Waals surface area contributed by atoms with E-state index < -0.39 is 10.0 Å². The molecule has 3 rings (SSSR count). The first-order valence-corrected chi connectivity index (χ1v) is 11.6. The standard InChI is InChI=1S/C21H30N4O4S/c1-6-23(19-8-7-15(2)13-16(19)3)14-20(26)24-9-11-25(12-10-24)30(27,28)21-17(4)22-29-18(21)5/h7-8,13H,6,9-12,14H2,1-5H3. The highest BCUT2D eigenvalue weighted by molar-refractivity contribution is 7.89. The second-order valence-corrected chi connectivity index (χ2v) is 9.62. The molecule has 1 amide bonds. The minimum Gasteiger partial charge on any atom is -0.362 e. The number of piperazine rings is 1. The lowest BCUT2D eigenvalue weighted by Crippen LogP contribution is -2.52. The third kappa shape index (κ3) is 4.37. The van der Waals surface area contributed by atoms with Crippen LogP contribution in [0.25, 0.3) is 0 Å². The van der Waals surface area contributed by atoms with E-state index in [9.17, 15) is 13.2 Å². The molecule has 0 N–H and O–H groups in total. The third-order valence-corrected chi connectivity index (χ3v) is 7.70. The second-order valence-electron chi connectivity index (χ2n) is 7.74. The molecular weight excluding hydrogens is 404 g/mol. The SMILES string of the molecule is CCN(CC(=O)N1CCN(S(=O)(=O)c2c(C)noc2C)CC1)c1ccc(C)cc1C. The highest BCUT2D eigenvalue weighted by Gasteiger charge is 2.34. The quantitative estimate of drug-likeness (QED) is 0.693. The van der Waals surface area contributed by atoms with Gasteiger partial charge in [0.05, 0.1) is 6.54 Å². The maximum Gasteiger partial charge on any atom is 0.248 e. The molecule has 9 heteroatoms. The average molecular weight is 435 g/mol. The van der Waals surface area contributed by atoms with Crippen LogP contribution in [0.1, 0.15) is 29.5 Å². The summed E-state index contributed by atoms with van der Waals surface area (Å²) in [5.74, 6) is 0.296. The number of carbonyl (C=O) groups excluding carboxylic acids is 1. The molecule has 1 saturated heterocycles. The Morgan fingerprint density at radius 3 is 2.33 bits per heavy atom. The number of benzene rings is 1. The molecule has 0 spiro atoms. The largest absolute Gasteiger partial charge is 0.362 e. The Morgan fingerprint density at radius 1 is 1.13 bits per heavy atom. The minimum atomic E-state index is -3.68. The predicted molar refractivity (Wildman–Crippen MR) is 115 cm³/mol. The van der Waals surface area contributed by atoms with Gasteiger partial charge in [-0.3, -0.25) is 4.79 Å². The molecule has 30 heavy (non-hydrogen) atoms. The van der Waals surface area contributed by atoms with Crippen LogP contribution in [0.15, 0.2) is 27.6 Å². The number of aryl methyl sites for hydroxylation is 4. The number of sulfonamides is 1. The summed E-state index contributed by atoms with van der Waals surface area (Å²) in [6.07, 6.45) is 0. The number of hydrogen-bond donors (Lipinski definition) is 0. The summed E-state index contributed by atoms with van der Waals surface area (Å²) in [4.78, 5) is 16.8. The van der Waals surface area contributed by atoms with Crippen molar-refractivity contribution in [2.24, 2.45) is 0 Å². The summed E-state index contributed by atoms with van der Waals surface area (Å²) >= 11 is 0. The maximum absolute atomic E-state index is 13.0. The monoisotopic (exact) mass is 434 g/mol. The molecule has 8 nitrogen and oxygen atoms in total. The third-order valence-electron chi connectivity index (χ3n) is 5.56. The molecule has 0 aliphatic carbocycles. The molecule has 1 aliphatic rings. The molecular formula is C21H30N4O4S. The maximum atomic E-state index is 13.0. The summed E-state index contributed by atoms with van der Waals surface area (Å²) in [5.41, 5.74) is 3.74. The molecule has 1 aliphatic heterocycles. The van der Waals surface area contributed by atoms with Gasteiger partial charge < -0.3 is 14.3 Å². The van der Waals surface area contributed by atoms with Crippen LogP contribution in [-0.2, 0) is 14.8 Å². The van der Waals surface area contributed by atoms with Crippen molar-refractivity contribution in [2.45, 2.75) is 39.5 Å². The molecule has 2 aromatic rings. The van der Waals surface area contributed by atoms with E-state index in [0.717, 1.165) is 17.8 Å². The number of likely N-dealkylation sites (N-methyl/N-ethyl adjacent to an activating group) is 1. The van der Waals surface area contributed by atoms with Gasteiger partial charge in [-0.15, -0.1) is 0 Å². The summed E-state index contributed by atoms with van der Waals surface area (Å²) in [6, 6.07) is 6.21. The van der Waals surface area contributed by atoms with Gasteiger partial charge in [-0.2, -0.15) is 4.31 Å². The molecule has 0 saturated carbocycles. The van der Waals surface area contributed by atoms with E-state index in [1.807, 2.05) is 26.8 Å². The summed E-state index contributed by atoms with van der Waals surface area (Å²) in [6.45, 7) is 11.6. The van der Waals surface area contributed by atoms with Gasteiger partial charge in [-0.05, 0) is 46.2 Å². The van der Waals surface area contributed by atoms with Crippen molar-refractivity contribution < 1.29 is 17.7 Å². The zero-order valence-electron chi connectivity index (χ0n) is 18.3. The summed E-state index contributed by atoms with van der Waals surface area (Å²) in [7, 11) is -3.68. The van der Waals surface area contributed by atoms with Gasteiger partial charge in [0.1, 0.15) is 10.6 Å². The van der Waals surface area contributed by atoms with Crippen molar-refractivity contribution in [1.82, 2.24) is 14.4 Å². The first-order chi connectivity index (χ1) is 14.1. The van der Waals surface area contributed by atoms with Crippen LogP contribution in [0.2, 0.25) is 0 Å². The van der Waals surface area contributed by atoms with Gasteiger partial charge in [-0.1, -0.05) is 22.9 Å². The van der Waals surface area contributed by atoms with Crippen molar-refractivity contribution in [3.05, 3.63) is 40.8 Å². The van der Waals surface area contributed by atoms with Crippen molar-refractivity contribution in [3.8, 4) is 0 Å². The fourth-order valence-corrected chi connectivity index (χ4v) is 5.65. The Bertz CT molecular complexity index is 1000. The highest BCUT2D eigenvalue weighted by Crippen LogP contribution is 2.25. The summed E-state index contributed by atoms with van der Waals surface area (Å²) < 4.78 is 32.3. The first-order valence-electron chi connectivity index (χ1n) is 10.2. The van der Waals surface area contributed by atoms with E-state index in [4.69, 9.17) is 4.52 Å². The molecule has 0 radical (unpaired) electrons. The van der Waals surface area contributed by atoms with Crippen LogP contribution in [0.5, 0.6) is 0 Å². The number of carbonyl (C=O) groups is 1. The zero-order valence-corrected chi connectivity index (χ0v) is 19.1. The Labute approximate surface area is 178 Å². The molecule has 0 unspecified atom stereocenters. The van der Waals surface area contributed by atoms with E-state index in [-0.39, 0.29) is 36.2 Å². The van der Waals surface area contributed by atoms with Crippen molar-refractivity contribution in [3.63, 3.8) is 0 Å². The van der Waals surface area contributed by atoms with E-state index in [1.165, 1.54) is 9.87 Å². The van der Waals surface area contributed by atoms with E-state index in [1.54, 1.807) is 18.7 Å². The Morgan fingerprint density at radius 2 is 1.80 bits per heavy atom. The molecule has 1 aromatic heterocycles. The second kappa shape index (κ2) is 8.77. The van der Waals surface area contributed by atoms with Crippen LogP contribution >= 0.6 is 0 Å². The van der Waals surface area contributed by atoms with E-state index in [0.29, 0.717) is 18.8 Å². The van der Waals surface area contributed by atoms with Gasteiger partial charge in [0.2, 0.25) is 15.9 Å². The van der Waals surface area contributed by atoms with Gasteiger partial charge >= 0.3 is 0 Å². The molecule has 1 aromatic carbocycles. The number of anilines is 1. The van der Waals surface area contributed by atoms with Crippen LogP contribution < -0.4 is 4.90 Å². The van der Waals surface area contributed by atoms with Crippen LogP contribution in [0.4, 0.5) is 5.69 Å². The smallest absolute Gasteiger partial charge is 0.248 e. The predicted octanol–water partition coefficient (Wildman–Crippen LogP) is 2.27.